The van der Waals surface area contributed by atoms with E-state index in [2.05, 4.69) is 28.5 Å². The number of rotatable bonds is 7. The number of hydrogen-bond acceptors (Lipinski definition) is 5. The summed E-state index contributed by atoms with van der Waals surface area (Å²) in [5.41, 5.74) is 3.51. The van der Waals surface area contributed by atoms with E-state index < -0.39 is 5.25 Å². The van der Waals surface area contributed by atoms with E-state index in [0.29, 0.717) is 29.5 Å². The molecule has 2 aliphatic rings. The predicted octanol–water partition coefficient (Wildman–Crippen LogP) is 4.28. The van der Waals surface area contributed by atoms with E-state index in [1.807, 2.05) is 41.8 Å². The second-order valence-electron chi connectivity index (χ2n) is 8.44. The summed E-state index contributed by atoms with van der Waals surface area (Å²) in [7, 11) is 0. The van der Waals surface area contributed by atoms with Gasteiger partial charge in [0.25, 0.3) is 11.8 Å². The van der Waals surface area contributed by atoms with Crippen LogP contribution in [0.25, 0.3) is 5.57 Å². The fourth-order valence-corrected chi connectivity index (χ4v) is 5.39. The zero-order valence-electron chi connectivity index (χ0n) is 20.1. The maximum atomic E-state index is 13.1. The van der Waals surface area contributed by atoms with Crippen molar-refractivity contribution in [2.45, 2.75) is 31.9 Å². The molecule has 0 aliphatic carbocycles. The Bertz CT molecular complexity index is 1160. The summed E-state index contributed by atoms with van der Waals surface area (Å²) < 4.78 is 0. The van der Waals surface area contributed by atoms with Crippen LogP contribution in [-0.4, -0.2) is 64.1 Å². The van der Waals surface area contributed by atoms with Crippen LogP contribution < -0.4 is 5.32 Å². The molecule has 182 valence electrons. The highest BCUT2D eigenvalue weighted by molar-refractivity contribution is 8.15. The minimum Gasteiger partial charge on any atom is -0.352 e. The Morgan fingerprint density at radius 1 is 1.11 bits per heavy atom. The molecule has 1 N–H and O–H groups in total. The summed E-state index contributed by atoms with van der Waals surface area (Å²) in [5.74, 6) is -0.614. The van der Waals surface area contributed by atoms with Crippen LogP contribution in [0, 0.1) is 0 Å². The third kappa shape index (κ3) is 6.00. The van der Waals surface area contributed by atoms with E-state index in [1.54, 1.807) is 24.3 Å². The van der Waals surface area contributed by atoms with Crippen molar-refractivity contribution < 1.29 is 14.4 Å². The highest BCUT2D eigenvalue weighted by atomic mass is 32.2. The van der Waals surface area contributed by atoms with Crippen molar-refractivity contribution in [3.8, 4) is 0 Å². The summed E-state index contributed by atoms with van der Waals surface area (Å²) in [6, 6.07) is 17.2. The molecule has 0 spiro atoms. The normalized spacial score (nSPS) is 17.6. The average Bonchev–Trinajstić information content (AvgIpc) is 3.24. The number of thioether (sulfide) groups is 1. The maximum Gasteiger partial charge on any atom is 0.262 e. The van der Waals surface area contributed by atoms with E-state index >= 15 is 0 Å². The second-order valence-corrected chi connectivity index (χ2v) is 9.61. The number of carbonyl (C=O) groups excluding carboxylic acids is 3. The van der Waals surface area contributed by atoms with E-state index in [1.165, 1.54) is 22.9 Å². The number of aliphatic imine (C=N–C) groups is 1. The number of nitrogens with zero attached hydrogens (tertiary/aromatic N) is 3. The van der Waals surface area contributed by atoms with Gasteiger partial charge in [-0.05, 0) is 49.6 Å². The van der Waals surface area contributed by atoms with Crippen molar-refractivity contribution in [3.63, 3.8) is 0 Å². The van der Waals surface area contributed by atoms with Crippen molar-refractivity contribution >= 4 is 45.9 Å². The van der Waals surface area contributed by atoms with Crippen LogP contribution in [0.2, 0.25) is 0 Å². The van der Waals surface area contributed by atoms with Gasteiger partial charge in [-0.1, -0.05) is 54.2 Å². The summed E-state index contributed by atoms with van der Waals surface area (Å²) >= 11 is 1.34. The van der Waals surface area contributed by atoms with Crippen molar-refractivity contribution in [2.24, 2.45) is 4.99 Å². The van der Waals surface area contributed by atoms with Gasteiger partial charge in [-0.25, -0.2) is 0 Å². The molecule has 2 aliphatic heterocycles. The summed E-state index contributed by atoms with van der Waals surface area (Å²) in [6.07, 6.45) is 2.94. The number of benzene rings is 2. The number of amides is 3. The minimum absolute atomic E-state index is 0.0368. The first-order chi connectivity index (χ1) is 17.0. The molecule has 8 heteroatoms. The number of anilines is 1. The van der Waals surface area contributed by atoms with E-state index in [0.717, 1.165) is 19.5 Å². The van der Waals surface area contributed by atoms with Gasteiger partial charge in [0.1, 0.15) is 5.25 Å². The van der Waals surface area contributed by atoms with Gasteiger partial charge in [0.15, 0.2) is 5.17 Å². The van der Waals surface area contributed by atoms with Gasteiger partial charge in [0.2, 0.25) is 5.91 Å². The molecule has 35 heavy (non-hydrogen) atoms. The smallest absolute Gasteiger partial charge is 0.262 e. The lowest BCUT2D eigenvalue weighted by Gasteiger charge is -2.27. The minimum atomic E-state index is -0.519. The summed E-state index contributed by atoms with van der Waals surface area (Å²) in [6.45, 7) is 6.73. The molecular formula is C27H30N4O3S. The lowest BCUT2D eigenvalue weighted by atomic mass is 9.99. The molecule has 1 atom stereocenters. The van der Waals surface area contributed by atoms with Gasteiger partial charge in [-0.3, -0.25) is 14.4 Å². The van der Waals surface area contributed by atoms with E-state index in [-0.39, 0.29) is 24.1 Å². The van der Waals surface area contributed by atoms with Crippen LogP contribution in [0.3, 0.4) is 0 Å². The average molecular weight is 491 g/mol. The highest BCUT2D eigenvalue weighted by Gasteiger charge is 2.32. The van der Waals surface area contributed by atoms with Gasteiger partial charge in [0.05, 0.1) is 0 Å². The van der Waals surface area contributed by atoms with Crippen LogP contribution in [0.4, 0.5) is 5.69 Å². The fourth-order valence-electron chi connectivity index (χ4n) is 4.20. The molecule has 0 aromatic heterocycles. The first-order valence-corrected chi connectivity index (χ1v) is 12.8. The largest absolute Gasteiger partial charge is 0.352 e. The molecule has 4 rings (SSSR count). The van der Waals surface area contributed by atoms with E-state index in [4.69, 9.17) is 0 Å². The molecule has 0 radical (unpaired) electrons. The Balaban J connectivity index is 1.34. The Morgan fingerprint density at radius 2 is 1.89 bits per heavy atom. The third-order valence-electron chi connectivity index (χ3n) is 6.17. The van der Waals surface area contributed by atoms with Crippen molar-refractivity contribution in [2.75, 3.05) is 31.5 Å². The predicted molar refractivity (Wildman–Crippen MR) is 141 cm³/mol. The lowest BCUT2D eigenvalue weighted by molar-refractivity contribution is -0.121. The number of hydrogen-bond donors (Lipinski definition) is 1. The first-order valence-electron chi connectivity index (χ1n) is 12.0. The zero-order valence-corrected chi connectivity index (χ0v) is 20.9. The Labute approximate surface area is 210 Å². The summed E-state index contributed by atoms with van der Waals surface area (Å²) in [4.78, 5) is 45.9. The fraction of sp³-hybridized carbons (Fsp3) is 0.333. The molecule has 2 heterocycles. The molecular weight excluding hydrogens is 460 g/mol. The standard InChI is InChI=1S/C27H30N4O3S/c1-3-30(4-2)27-29-25(33)23(35-27)18-24(32)28-22-12-8-11-21(17-22)26(34)31-15-13-20(14-16-31)19-9-6-5-7-10-19/h5-13,17,23H,3-4,14-16,18H2,1-2H3,(H,28,32)/t23-/m1/s1. The Hall–Kier alpha value is -3.39. The van der Waals surface area contributed by atoms with Gasteiger partial charge in [0, 0.05) is 43.9 Å². The number of nitrogens with one attached hydrogen (secondary N) is 1. The second kappa shape index (κ2) is 11.4. The topological polar surface area (TPSA) is 82.1 Å². The van der Waals surface area contributed by atoms with Crippen LogP contribution >= 0.6 is 11.8 Å². The van der Waals surface area contributed by atoms with Crippen molar-refractivity contribution in [1.82, 2.24) is 9.80 Å². The SMILES string of the molecule is CCN(CC)C1=NC(=O)[C@@H](CC(=O)Nc2cccc(C(=O)N3CC=C(c4ccccc4)CC3)c2)S1. The van der Waals surface area contributed by atoms with Gasteiger partial charge in [-0.2, -0.15) is 4.99 Å². The summed E-state index contributed by atoms with van der Waals surface area (Å²) in [5, 5.41) is 2.99. The molecule has 7 nitrogen and oxygen atoms in total. The third-order valence-corrected chi connectivity index (χ3v) is 7.38. The van der Waals surface area contributed by atoms with Gasteiger partial charge < -0.3 is 15.1 Å². The zero-order chi connectivity index (χ0) is 24.8. The Morgan fingerprint density at radius 3 is 2.57 bits per heavy atom. The lowest BCUT2D eigenvalue weighted by Crippen LogP contribution is -2.34. The van der Waals surface area contributed by atoms with Crippen LogP contribution in [0.5, 0.6) is 0 Å². The van der Waals surface area contributed by atoms with E-state index in [9.17, 15) is 14.4 Å². The molecule has 0 saturated carbocycles. The quantitative estimate of drug-likeness (QED) is 0.626. The first kappa shape index (κ1) is 24.7. The highest BCUT2D eigenvalue weighted by Crippen LogP contribution is 2.28. The molecule has 3 amide bonds. The number of carbonyl (C=O) groups is 3. The van der Waals surface area contributed by atoms with Crippen LogP contribution in [0.1, 0.15) is 42.6 Å². The molecule has 0 unspecified atom stereocenters. The Kier molecular flexibility index (Phi) is 8.02. The maximum absolute atomic E-state index is 13.1. The molecule has 0 bridgehead atoms. The molecule has 0 fully saturated rings. The molecule has 0 saturated heterocycles. The van der Waals surface area contributed by atoms with Crippen LogP contribution in [-0.2, 0) is 9.59 Å². The van der Waals surface area contributed by atoms with Crippen molar-refractivity contribution in [1.29, 1.82) is 0 Å². The van der Waals surface area contributed by atoms with Crippen molar-refractivity contribution in [3.05, 3.63) is 71.8 Å². The molecule has 2 aromatic rings. The number of amidine groups is 1. The van der Waals surface area contributed by atoms with Crippen LogP contribution in [0.15, 0.2) is 65.7 Å². The van der Waals surface area contributed by atoms with Gasteiger partial charge >= 0.3 is 0 Å². The molecule has 2 aromatic carbocycles. The monoisotopic (exact) mass is 490 g/mol. The van der Waals surface area contributed by atoms with Gasteiger partial charge in [-0.15, -0.1) is 0 Å².